The summed E-state index contributed by atoms with van der Waals surface area (Å²) in [6.45, 7) is 2.70. The zero-order valence-corrected chi connectivity index (χ0v) is 28.9. The lowest BCUT2D eigenvalue weighted by Gasteiger charge is -2.20. The molecule has 0 aromatic rings. The van der Waals surface area contributed by atoms with E-state index < -0.39 is 51.1 Å². The Morgan fingerprint density at radius 2 is 1.13 bits per heavy atom. The summed E-state index contributed by atoms with van der Waals surface area (Å²) in [6.07, 6.45) is 24.4. The van der Waals surface area contributed by atoms with Crippen LogP contribution in [0.3, 0.4) is 0 Å². The van der Waals surface area contributed by atoms with Gasteiger partial charge in [-0.2, -0.15) is 0 Å². The van der Waals surface area contributed by atoms with Crippen molar-refractivity contribution >= 4 is 25.7 Å². The number of phosphoric acid groups is 1. The maximum atomic E-state index is 12.5. The lowest BCUT2D eigenvalue weighted by molar-refractivity contribution is -0.161. The summed E-state index contributed by atoms with van der Waals surface area (Å²) in [5, 5.41) is 8.82. The average molecular weight is 664 g/mol. The summed E-state index contributed by atoms with van der Waals surface area (Å²) in [7, 11) is -4.70. The number of carbonyl (C=O) groups excluding carboxylic acids is 2. The number of carbonyl (C=O) groups is 3. The van der Waals surface area contributed by atoms with Gasteiger partial charge in [-0.3, -0.25) is 23.4 Å². The van der Waals surface area contributed by atoms with Crippen LogP contribution in [-0.2, 0) is 37.5 Å². The third-order valence-electron chi connectivity index (χ3n) is 7.26. The second kappa shape index (κ2) is 29.6. The van der Waals surface area contributed by atoms with Crippen LogP contribution in [0.2, 0.25) is 0 Å². The molecule has 0 saturated carbocycles. The van der Waals surface area contributed by atoms with Crippen molar-refractivity contribution in [2.75, 3.05) is 19.8 Å². The van der Waals surface area contributed by atoms with Gasteiger partial charge in [0.1, 0.15) is 12.6 Å². The molecule has 0 rings (SSSR count). The Balaban J connectivity index is 4.52. The third kappa shape index (κ3) is 29.4. The highest BCUT2D eigenvalue weighted by Gasteiger charge is 2.28. The number of aliphatic carboxylic acids is 1. The fourth-order valence-electron chi connectivity index (χ4n) is 4.46. The first kappa shape index (κ1) is 43.2. The van der Waals surface area contributed by atoms with E-state index in [2.05, 4.69) is 30.5 Å². The molecule has 0 heterocycles. The molecule has 3 unspecified atom stereocenters. The Bertz CT molecular complexity index is 838. The predicted octanol–water partition coefficient (Wildman–Crippen LogP) is 7.78. The van der Waals surface area contributed by atoms with Gasteiger partial charge in [-0.1, -0.05) is 116 Å². The highest BCUT2D eigenvalue weighted by atomic mass is 31.2. The minimum Gasteiger partial charge on any atom is -0.480 e. The molecular formula is C33H62NO10P. The zero-order chi connectivity index (χ0) is 33.6. The van der Waals surface area contributed by atoms with Crippen molar-refractivity contribution in [1.82, 2.24) is 0 Å². The van der Waals surface area contributed by atoms with Crippen LogP contribution in [0.5, 0.6) is 0 Å². The summed E-state index contributed by atoms with van der Waals surface area (Å²) in [4.78, 5) is 45.5. The second-order valence-electron chi connectivity index (χ2n) is 11.7. The van der Waals surface area contributed by atoms with E-state index >= 15 is 0 Å². The number of rotatable bonds is 32. The minimum absolute atomic E-state index is 0.153. The summed E-state index contributed by atoms with van der Waals surface area (Å²) in [5.41, 5.74) is 5.29. The van der Waals surface area contributed by atoms with E-state index in [-0.39, 0.29) is 19.4 Å². The van der Waals surface area contributed by atoms with Crippen LogP contribution in [0.1, 0.15) is 149 Å². The lowest BCUT2D eigenvalue weighted by Crippen LogP contribution is -2.34. The van der Waals surface area contributed by atoms with E-state index in [4.69, 9.17) is 24.8 Å². The number of ether oxygens (including phenoxy) is 2. The summed E-state index contributed by atoms with van der Waals surface area (Å²) < 4.78 is 32.4. The molecule has 264 valence electrons. The normalized spacial score (nSPS) is 14.2. The van der Waals surface area contributed by atoms with Crippen molar-refractivity contribution in [3.8, 4) is 0 Å². The number of esters is 2. The molecule has 45 heavy (non-hydrogen) atoms. The second-order valence-corrected chi connectivity index (χ2v) is 13.1. The van der Waals surface area contributed by atoms with Crippen LogP contribution in [0.4, 0.5) is 0 Å². The highest BCUT2D eigenvalue weighted by molar-refractivity contribution is 7.47. The summed E-state index contributed by atoms with van der Waals surface area (Å²) >= 11 is 0. The molecule has 0 fully saturated rings. The molecule has 0 bridgehead atoms. The number of carboxylic acid groups (broad SMARTS) is 1. The highest BCUT2D eigenvalue weighted by Crippen LogP contribution is 2.43. The van der Waals surface area contributed by atoms with Gasteiger partial charge in [0.05, 0.1) is 13.2 Å². The number of allylic oxidation sites excluding steroid dienone is 2. The number of phosphoric ester groups is 1. The van der Waals surface area contributed by atoms with Crippen molar-refractivity contribution in [2.24, 2.45) is 5.73 Å². The maximum absolute atomic E-state index is 12.5. The molecule has 3 atom stereocenters. The van der Waals surface area contributed by atoms with Crippen LogP contribution in [0, 0.1) is 0 Å². The SMILES string of the molecule is CCCC/C=C\CCCCCCCC(=O)OC(COC(=O)CCCCCCCCCCCC)COP(=O)(O)OCC(N)C(=O)O. The smallest absolute Gasteiger partial charge is 0.472 e. The average Bonchev–Trinajstić information content (AvgIpc) is 3.00. The topological polar surface area (TPSA) is 172 Å². The maximum Gasteiger partial charge on any atom is 0.472 e. The van der Waals surface area contributed by atoms with Gasteiger partial charge in [-0.15, -0.1) is 0 Å². The third-order valence-corrected chi connectivity index (χ3v) is 8.21. The molecule has 0 amide bonds. The Morgan fingerprint density at radius 3 is 1.69 bits per heavy atom. The van der Waals surface area contributed by atoms with Crippen LogP contribution in [0.25, 0.3) is 0 Å². The van der Waals surface area contributed by atoms with Crippen molar-refractivity contribution in [3.05, 3.63) is 12.2 Å². The largest absolute Gasteiger partial charge is 0.480 e. The van der Waals surface area contributed by atoms with Crippen LogP contribution in [0.15, 0.2) is 12.2 Å². The summed E-state index contributed by atoms with van der Waals surface area (Å²) in [6, 6.07) is -1.52. The van der Waals surface area contributed by atoms with Gasteiger partial charge in [0.15, 0.2) is 6.10 Å². The molecule has 4 N–H and O–H groups in total. The standard InChI is InChI=1S/C33H62NO10P/c1-3-5-7-9-11-13-15-17-19-21-23-25-32(36)44-29(27-42-45(39,40)43-28-30(34)33(37)38)26-41-31(35)24-22-20-18-16-14-12-10-8-6-4-2/h9,11,29-30H,3-8,10,12-28,34H2,1-2H3,(H,37,38)(H,39,40)/b11-9-. The zero-order valence-electron chi connectivity index (χ0n) is 28.0. The number of hydrogen-bond acceptors (Lipinski definition) is 9. The van der Waals surface area contributed by atoms with Gasteiger partial charge in [-0.25, -0.2) is 4.57 Å². The first-order chi connectivity index (χ1) is 21.6. The minimum atomic E-state index is -4.70. The van der Waals surface area contributed by atoms with Gasteiger partial charge in [0, 0.05) is 12.8 Å². The van der Waals surface area contributed by atoms with Gasteiger partial charge in [0.25, 0.3) is 0 Å². The van der Waals surface area contributed by atoms with Crippen LogP contribution < -0.4 is 5.73 Å². The first-order valence-electron chi connectivity index (χ1n) is 17.2. The quantitative estimate of drug-likeness (QED) is 0.0278. The molecule has 0 aliphatic heterocycles. The molecule has 0 aromatic carbocycles. The Morgan fingerprint density at radius 1 is 0.667 bits per heavy atom. The lowest BCUT2D eigenvalue weighted by atomic mass is 10.1. The number of carboxylic acids is 1. The van der Waals surface area contributed by atoms with E-state index in [9.17, 15) is 23.8 Å². The van der Waals surface area contributed by atoms with E-state index in [1.54, 1.807) is 0 Å². The van der Waals surface area contributed by atoms with Crippen LogP contribution in [-0.4, -0.2) is 59.9 Å². The first-order valence-corrected chi connectivity index (χ1v) is 18.7. The summed E-state index contributed by atoms with van der Waals surface area (Å²) in [5.74, 6) is -2.39. The van der Waals surface area contributed by atoms with Gasteiger partial charge in [0.2, 0.25) is 0 Å². The van der Waals surface area contributed by atoms with Crippen molar-refractivity contribution < 1.29 is 47.5 Å². The fourth-order valence-corrected chi connectivity index (χ4v) is 5.23. The fraction of sp³-hybridized carbons (Fsp3) is 0.848. The molecule has 0 radical (unpaired) electrons. The van der Waals surface area contributed by atoms with E-state index in [1.165, 1.54) is 51.4 Å². The van der Waals surface area contributed by atoms with E-state index in [0.29, 0.717) is 12.8 Å². The Hall–Kier alpha value is -1.78. The van der Waals surface area contributed by atoms with Crippen molar-refractivity contribution in [2.45, 2.75) is 161 Å². The predicted molar refractivity (Wildman–Crippen MR) is 176 cm³/mol. The van der Waals surface area contributed by atoms with E-state index in [0.717, 1.165) is 57.8 Å². The van der Waals surface area contributed by atoms with E-state index in [1.807, 2.05) is 0 Å². The monoisotopic (exact) mass is 663 g/mol. The van der Waals surface area contributed by atoms with Crippen molar-refractivity contribution in [1.29, 1.82) is 0 Å². The van der Waals surface area contributed by atoms with Gasteiger partial charge < -0.3 is 25.2 Å². The van der Waals surface area contributed by atoms with Gasteiger partial charge in [-0.05, 0) is 32.1 Å². The molecule has 12 heteroatoms. The number of unbranched alkanes of at least 4 members (excludes halogenated alkanes) is 16. The molecule has 11 nitrogen and oxygen atoms in total. The van der Waals surface area contributed by atoms with Crippen LogP contribution >= 0.6 is 7.82 Å². The number of nitrogens with two attached hydrogens (primary N) is 1. The number of hydrogen-bond donors (Lipinski definition) is 3. The van der Waals surface area contributed by atoms with Gasteiger partial charge >= 0.3 is 25.7 Å². The molecule has 0 spiro atoms. The van der Waals surface area contributed by atoms with Crippen molar-refractivity contribution in [3.63, 3.8) is 0 Å². The molecule has 0 saturated heterocycles. The molecule has 0 aromatic heterocycles. The Kier molecular flexibility index (Phi) is 28.4. The molecule has 0 aliphatic rings. The Labute approximate surface area is 271 Å². The molecular weight excluding hydrogens is 601 g/mol. The molecule has 0 aliphatic carbocycles.